The highest BCUT2D eigenvalue weighted by molar-refractivity contribution is 6.32. The maximum Gasteiger partial charge on any atom is 0.347 e. The van der Waals surface area contributed by atoms with Gasteiger partial charge in [-0.25, -0.2) is 4.79 Å². The van der Waals surface area contributed by atoms with E-state index >= 15 is 0 Å². The van der Waals surface area contributed by atoms with Crippen LogP contribution in [0.5, 0.6) is 5.75 Å². The molecule has 6 heteroatoms. The van der Waals surface area contributed by atoms with E-state index in [1.165, 1.54) is 26.2 Å². The van der Waals surface area contributed by atoms with Gasteiger partial charge in [0.2, 0.25) is 0 Å². The summed E-state index contributed by atoms with van der Waals surface area (Å²) in [5.74, 6) is -0.427. The van der Waals surface area contributed by atoms with E-state index < -0.39 is 17.2 Å². The summed E-state index contributed by atoms with van der Waals surface area (Å²) in [6, 6.07) is 10.9. The number of hydrogen-bond acceptors (Lipinski definition) is 5. The summed E-state index contributed by atoms with van der Waals surface area (Å²) in [4.78, 5) is 37.2. The number of carbonyl (C=O) groups is 2. The Balaban J connectivity index is 2.33. The van der Waals surface area contributed by atoms with Crippen LogP contribution in [-0.2, 0) is 0 Å². The Bertz CT molecular complexity index is 1050. The quantitative estimate of drug-likeness (QED) is 0.523. The number of carbonyl (C=O) groups excluding carboxylic acids is 2. The average molecular weight is 357 g/mol. The van der Waals surface area contributed by atoms with Crippen molar-refractivity contribution in [3.8, 4) is 5.75 Å². The molecule has 0 amide bonds. The second-order valence-electron chi connectivity index (χ2n) is 5.39. The Morgan fingerprint density at radius 1 is 1.04 bits per heavy atom. The first-order valence-electron chi connectivity index (χ1n) is 7.38. The number of ether oxygens (including phenoxy) is 1. The van der Waals surface area contributed by atoms with Crippen molar-refractivity contribution in [2.24, 2.45) is 0 Å². The highest BCUT2D eigenvalue weighted by atomic mass is 35.5. The molecule has 1 aromatic heterocycles. The number of methoxy groups -OCH3 is 1. The van der Waals surface area contributed by atoms with Crippen LogP contribution in [-0.4, -0.2) is 18.7 Å². The van der Waals surface area contributed by atoms with E-state index in [0.29, 0.717) is 21.7 Å². The third-order valence-corrected chi connectivity index (χ3v) is 4.03. The van der Waals surface area contributed by atoms with Crippen molar-refractivity contribution in [1.29, 1.82) is 0 Å². The Morgan fingerprint density at radius 3 is 2.32 bits per heavy atom. The van der Waals surface area contributed by atoms with Gasteiger partial charge in [0.25, 0.3) is 0 Å². The van der Waals surface area contributed by atoms with Crippen molar-refractivity contribution in [2.75, 3.05) is 7.11 Å². The van der Waals surface area contributed by atoms with Gasteiger partial charge >= 0.3 is 5.63 Å². The molecular formula is C19H13ClO5. The zero-order chi connectivity index (χ0) is 18.1. The molecule has 0 bridgehead atoms. The summed E-state index contributed by atoms with van der Waals surface area (Å²) < 4.78 is 10.2. The van der Waals surface area contributed by atoms with Crippen molar-refractivity contribution in [1.82, 2.24) is 0 Å². The monoisotopic (exact) mass is 356 g/mol. The minimum absolute atomic E-state index is 0.00795. The van der Waals surface area contributed by atoms with Gasteiger partial charge in [-0.2, -0.15) is 0 Å². The third kappa shape index (κ3) is 3.06. The van der Waals surface area contributed by atoms with Crippen molar-refractivity contribution in [3.63, 3.8) is 0 Å². The SMILES string of the molecule is COc1ccc(C(=O)c2c(C(C)=O)c(=O)oc3ccc(Cl)cc23)cc1. The molecule has 0 saturated carbocycles. The molecule has 5 nitrogen and oxygen atoms in total. The molecule has 0 unspecified atom stereocenters. The largest absolute Gasteiger partial charge is 0.497 e. The summed E-state index contributed by atoms with van der Waals surface area (Å²) >= 11 is 6.02. The molecule has 3 aromatic rings. The first kappa shape index (κ1) is 16.9. The molecule has 25 heavy (non-hydrogen) atoms. The normalized spacial score (nSPS) is 10.7. The second kappa shape index (κ2) is 6.53. The number of benzene rings is 2. The predicted molar refractivity (Wildman–Crippen MR) is 93.9 cm³/mol. The zero-order valence-corrected chi connectivity index (χ0v) is 14.2. The summed E-state index contributed by atoms with van der Waals surface area (Å²) in [5.41, 5.74) is -0.632. The van der Waals surface area contributed by atoms with Crippen LogP contribution in [0.2, 0.25) is 5.02 Å². The van der Waals surface area contributed by atoms with Crippen molar-refractivity contribution in [2.45, 2.75) is 6.92 Å². The van der Waals surface area contributed by atoms with Gasteiger partial charge in [-0.15, -0.1) is 0 Å². The van der Waals surface area contributed by atoms with Crippen molar-refractivity contribution < 1.29 is 18.7 Å². The Labute approximate surface area is 147 Å². The molecule has 0 aliphatic rings. The smallest absolute Gasteiger partial charge is 0.347 e. The topological polar surface area (TPSA) is 73.6 Å². The molecule has 0 aliphatic carbocycles. The van der Waals surface area contributed by atoms with Crippen LogP contribution in [0.25, 0.3) is 11.0 Å². The van der Waals surface area contributed by atoms with E-state index in [9.17, 15) is 14.4 Å². The number of hydrogen-bond donors (Lipinski definition) is 0. The molecule has 2 aromatic carbocycles. The number of fused-ring (bicyclic) bond motifs is 1. The predicted octanol–water partition coefficient (Wildman–Crippen LogP) is 3.89. The van der Waals surface area contributed by atoms with Gasteiger partial charge in [0, 0.05) is 16.0 Å². The number of rotatable bonds is 4. The molecule has 0 radical (unpaired) electrons. The lowest BCUT2D eigenvalue weighted by atomic mass is 9.94. The highest BCUT2D eigenvalue weighted by Crippen LogP contribution is 2.27. The van der Waals surface area contributed by atoms with Gasteiger partial charge in [-0.1, -0.05) is 11.6 Å². The molecule has 0 aliphatic heterocycles. The van der Waals surface area contributed by atoms with Gasteiger partial charge in [0.05, 0.1) is 12.7 Å². The Morgan fingerprint density at radius 2 is 1.72 bits per heavy atom. The van der Waals surface area contributed by atoms with Gasteiger partial charge in [-0.05, 0) is 49.4 Å². The Kier molecular flexibility index (Phi) is 4.42. The molecule has 3 rings (SSSR count). The number of halogens is 1. The lowest BCUT2D eigenvalue weighted by Gasteiger charge is -2.10. The summed E-state index contributed by atoms with van der Waals surface area (Å²) in [6.45, 7) is 1.22. The van der Waals surface area contributed by atoms with E-state index in [-0.39, 0.29) is 16.7 Å². The minimum atomic E-state index is -0.848. The maximum atomic E-state index is 13.0. The van der Waals surface area contributed by atoms with E-state index in [0.717, 1.165) is 0 Å². The van der Waals surface area contributed by atoms with Crippen LogP contribution in [0, 0.1) is 0 Å². The fraction of sp³-hybridized carbons (Fsp3) is 0.105. The highest BCUT2D eigenvalue weighted by Gasteiger charge is 2.24. The average Bonchev–Trinajstić information content (AvgIpc) is 2.60. The third-order valence-electron chi connectivity index (χ3n) is 3.80. The van der Waals surface area contributed by atoms with Gasteiger partial charge in [-0.3, -0.25) is 9.59 Å². The van der Waals surface area contributed by atoms with E-state index in [2.05, 4.69) is 0 Å². The molecule has 0 atom stereocenters. The minimum Gasteiger partial charge on any atom is -0.497 e. The standard InChI is InChI=1S/C19H13ClO5/c1-10(21)16-17(18(22)11-3-6-13(24-2)7-4-11)14-9-12(20)5-8-15(14)25-19(16)23/h3-9H,1-2H3. The van der Waals surface area contributed by atoms with Crippen LogP contribution >= 0.6 is 11.6 Å². The van der Waals surface area contributed by atoms with E-state index in [1.807, 2.05) is 0 Å². The van der Waals surface area contributed by atoms with E-state index in [1.54, 1.807) is 30.3 Å². The van der Waals surface area contributed by atoms with E-state index in [4.69, 9.17) is 20.8 Å². The Hall–Kier alpha value is -2.92. The van der Waals surface area contributed by atoms with Crippen LogP contribution in [0.1, 0.15) is 33.2 Å². The maximum absolute atomic E-state index is 13.0. The molecule has 0 saturated heterocycles. The van der Waals surface area contributed by atoms with Crippen molar-refractivity contribution >= 4 is 34.1 Å². The molecule has 0 spiro atoms. The van der Waals surface area contributed by atoms with Crippen LogP contribution in [0.15, 0.2) is 51.7 Å². The van der Waals surface area contributed by atoms with Crippen molar-refractivity contribution in [3.05, 3.63) is 74.6 Å². The second-order valence-corrected chi connectivity index (χ2v) is 5.83. The molecule has 126 valence electrons. The van der Waals surface area contributed by atoms with Crippen LogP contribution in [0.4, 0.5) is 0 Å². The first-order chi connectivity index (χ1) is 11.9. The molecule has 1 heterocycles. The molecule has 0 N–H and O–H groups in total. The summed E-state index contributed by atoms with van der Waals surface area (Å²) in [7, 11) is 1.52. The van der Waals surface area contributed by atoms with Crippen LogP contribution in [0.3, 0.4) is 0 Å². The summed E-state index contributed by atoms with van der Waals surface area (Å²) in [6.07, 6.45) is 0. The first-order valence-corrected chi connectivity index (χ1v) is 7.76. The lowest BCUT2D eigenvalue weighted by Crippen LogP contribution is -2.19. The fourth-order valence-corrected chi connectivity index (χ4v) is 2.79. The number of Topliss-reactive ketones (excluding diaryl/α,β-unsaturated/α-hetero) is 1. The fourth-order valence-electron chi connectivity index (χ4n) is 2.62. The number of ketones is 2. The zero-order valence-electron chi connectivity index (χ0n) is 13.5. The lowest BCUT2D eigenvalue weighted by molar-refractivity contribution is 0.0987. The van der Waals surface area contributed by atoms with Gasteiger partial charge < -0.3 is 9.15 Å². The van der Waals surface area contributed by atoms with Gasteiger partial charge in [0.15, 0.2) is 11.6 Å². The molecular weight excluding hydrogens is 344 g/mol. The van der Waals surface area contributed by atoms with Gasteiger partial charge in [0.1, 0.15) is 16.9 Å². The molecule has 0 fully saturated rings. The summed E-state index contributed by atoms with van der Waals surface area (Å²) in [5, 5.41) is 0.678. The van der Waals surface area contributed by atoms with Crippen LogP contribution < -0.4 is 10.4 Å².